The maximum absolute atomic E-state index is 13.0. The van der Waals surface area contributed by atoms with Crippen LogP contribution in [0.15, 0.2) is 76.5 Å². The molecule has 0 fully saturated rings. The number of rotatable bonds is 6. The lowest BCUT2D eigenvalue weighted by Gasteiger charge is -2.07. The number of hydrogen-bond acceptors (Lipinski definition) is 3. The van der Waals surface area contributed by atoms with Gasteiger partial charge >= 0.3 is 0 Å². The van der Waals surface area contributed by atoms with Crippen LogP contribution in [0.3, 0.4) is 0 Å². The van der Waals surface area contributed by atoms with Crippen molar-refractivity contribution < 1.29 is 8.76 Å². The Morgan fingerprint density at radius 2 is 1.70 bits per heavy atom. The minimum atomic E-state index is -3.16. The third kappa shape index (κ3) is 4.36. The largest absolute Gasteiger partial charge is 0.272 e. The quantitative estimate of drug-likeness (QED) is 0.296. The van der Waals surface area contributed by atoms with Crippen molar-refractivity contribution in [3.05, 3.63) is 89.2 Å². The summed E-state index contributed by atoms with van der Waals surface area (Å²) >= 11 is 1.77. The summed E-state index contributed by atoms with van der Waals surface area (Å²) in [5.41, 5.74) is 3.71. The van der Waals surface area contributed by atoms with Gasteiger partial charge in [-0.15, -0.1) is 11.8 Å². The number of hydrogen-bond donors (Lipinski definition) is 1. The summed E-state index contributed by atoms with van der Waals surface area (Å²) in [6.07, 6.45) is 0. The molecule has 154 valence electrons. The van der Waals surface area contributed by atoms with Crippen molar-refractivity contribution in [2.24, 2.45) is 7.05 Å². The van der Waals surface area contributed by atoms with E-state index in [2.05, 4.69) is 41.5 Å². The average molecular weight is 438 g/mol. The molecule has 0 spiro atoms. The van der Waals surface area contributed by atoms with E-state index in [0.29, 0.717) is 4.90 Å². The summed E-state index contributed by atoms with van der Waals surface area (Å²) in [6, 6.07) is 22.3. The maximum atomic E-state index is 13.0. The molecule has 1 N–H and O–H groups in total. The van der Waals surface area contributed by atoms with Crippen LogP contribution in [0.2, 0.25) is 0 Å². The number of aryl methyl sites for hydroxylation is 2. The summed E-state index contributed by atoms with van der Waals surface area (Å²) in [6.45, 7) is 3.81. The molecular weight excluding hydrogens is 412 g/mol. The third-order valence-corrected chi connectivity index (χ3v) is 8.17. The molecule has 6 heteroatoms. The summed E-state index contributed by atoms with van der Waals surface area (Å²) in [5.74, 6) is 0.899. The van der Waals surface area contributed by atoms with E-state index in [4.69, 9.17) is 0 Å². The molecule has 0 bridgehead atoms. The van der Waals surface area contributed by atoms with E-state index in [1.54, 1.807) is 28.6 Å². The van der Waals surface area contributed by atoms with E-state index in [1.807, 2.05) is 39.1 Å². The van der Waals surface area contributed by atoms with E-state index >= 15 is 0 Å². The zero-order valence-corrected chi connectivity index (χ0v) is 19.0. The van der Waals surface area contributed by atoms with E-state index in [9.17, 15) is 8.76 Å². The van der Waals surface area contributed by atoms with Crippen LogP contribution in [-0.4, -0.2) is 14.3 Å². The molecule has 0 saturated carbocycles. The zero-order chi connectivity index (χ0) is 21.3. The van der Waals surface area contributed by atoms with Gasteiger partial charge in [0.2, 0.25) is 0 Å². The van der Waals surface area contributed by atoms with Crippen molar-refractivity contribution in [3.8, 4) is 0 Å². The molecule has 0 amide bonds. The van der Waals surface area contributed by atoms with Crippen molar-refractivity contribution in [1.82, 2.24) is 9.78 Å². The molecule has 1 heterocycles. The normalized spacial score (nSPS) is 13.5. The van der Waals surface area contributed by atoms with Gasteiger partial charge in [-0.1, -0.05) is 46.7 Å². The zero-order valence-electron chi connectivity index (χ0n) is 17.3. The van der Waals surface area contributed by atoms with Crippen LogP contribution in [0.5, 0.6) is 0 Å². The fourth-order valence-electron chi connectivity index (χ4n) is 3.53. The number of fused-ring (bicyclic) bond motifs is 1. The molecule has 1 unspecified atom stereocenters. The molecule has 4 aromatic rings. The van der Waals surface area contributed by atoms with Gasteiger partial charge in [-0.25, -0.2) is 0 Å². The van der Waals surface area contributed by atoms with Gasteiger partial charge in [-0.2, -0.15) is 9.65 Å². The molecule has 0 radical (unpaired) electrons. The summed E-state index contributed by atoms with van der Waals surface area (Å²) in [7, 11) is -1.31. The standard InChI is InChI=1S/C24H24N2O2S2/c1-17-24(18(2)26(3)25-17)16-30(27,28)23-12-8-19(9-13-23)15-29-22-11-10-20-6-4-5-7-21(20)14-22/h4-14H,15-16H2,1-3H3/p+1. The number of aromatic nitrogens is 2. The molecule has 0 aliphatic heterocycles. The molecule has 0 saturated heterocycles. The monoisotopic (exact) mass is 437 g/mol. The Kier molecular flexibility index (Phi) is 5.82. The average Bonchev–Trinajstić information content (AvgIpc) is 2.98. The van der Waals surface area contributed by atoms with Crippen molar-refractivity contribution in [3.63, 3.8) is 0 Å². The van der Waals surface area contributed by atoms with Crippen LogP contribution in [0, 0.1) is 13.8 Å². The topological polar surface area (TPSA) is 55.1 Å². The Hall–Kier alpha value is -2.41. The van der Waals surface area contributed by atoms with Gasteiger partial charge in [-0.3, -0.25) is 4.68 Å². The molecule has 0 aliphatic rings. The van der Waals surface area contributed by atoms with Gasteiger partial charge in [0.15, 0.2) is 10.6 Å². The fraction of sp³-hybridized carbons (Fsp3) is 0.208. The highest BCUT2D eigenvalue weighted by Gasteiger charge is 2.32. The molecule has 0 aliphatic carbocycles. The Labute approximate surface area is 182 Å². The van der Waals surface area contributed by atoms with Crippen molar-refractivity contribution in [2.45, 2.75) is 35.1 Å². The Morgan fingerprint density at radius 3 is 2.37 bits per heavy atom. The van der Waals surface area contributed by atoms with Gasteiger partial charge in [0.25, 0.3) is 10.2 Å². The number of nitrogens with zero attached hydrogens (tertiary/aromatic N) is 2. The van der Waals surface area contributed by atoms with Gasteiger partial charge in [0.1, 0.15) is 0 Å². The summed E-state index contributed by atoms with van der Waals surface area (Å²) in [5, 5.41) is 6.83. The summed E-state index contributed by atoms with van der Waals surface area (Å²) < 4.78 is 25.4. The molecular formula is C24H25N2O2S2+. The lowest BCUT2D eigenvalue weighted by Crippen LogP contribution is -2.14. The van der Waals surface area contributed by atoms with Crippen molar-refractivity contribution in [1.29, 1.82) is 0 Å². The van der Waals surface area contributed by atoms with Crippen LogP contribution in [0.1, 0.15) is 22.5 Å². The van der Waals surface area contributed by atoms with Crippen LogP contribution in [0.4, 0.5) is 0 Å². The molecule has 4 rings (SSSR count). The Bertz CT molecular complexity index is 1250. The highest BCUT2D eigenvalue weighted by Crippen LogP contribution is 2.29. The Morgan fingerprint density at radius 1 is 1.00 bits per heavy atom. The van der Waals surface area contributed by atoms with Crippen LogP contribution >= 0.6 is 11.8 Å². The minimum Gasteiger partial charge on any atom is -0.272 e. The van der Waals surface area contributed by atoms with Crippen molar-refractivity contribution >= 4 is 32.7 Å². The lowest BCUT2D eigenvalue weighted by atomic mass is 10.1. The SMILES string of the molecule is Cc1nn(C)c(C)c1C[S+](=O)(O)c1ccc(CSc2ccc3ccccc3c2)cc1. The second kappa shape index (κ2) is 8.38. The molecule has 4 nitrogen and oxygen atoms in total. The predicted molar refractivity (Wildman–Crippen MR) is 125 cm³/mol. The fourth-order valence-corrected chi connectivity index (χ4v) is 5.96. The van der Waals surface area contributed by atoms with Crippen LogP contribution < -0.4 is 0 Å². The first-order valence-corrected chi connectivity index (χ1v) is 12.4. The molecule has 1 aromatic heterocycles. The highest BCUT2D eigenvalue weighted by atomic mass is 32.3. The first kappa shape index (κ1) is 20.8. The lowest BCUT2D eigenvalue weighted by molar-refractivity contribution is 0.496. The maximum Gasteiger partial charge on any atom is 0.252 e. The Balaban J connectivity index is 1.45. The smallest absolute Gasteiger partial charge is 0.252 e. The van der Waals surface area contributed by atoms with E-state index in [0.717, 1.165) is 28.3 Å². The van der Waals surface area contributed by atoms with E-state index in [-0.39, 0.29) is 5.75 Å². The predicted octanol–water partition coefficient (Wildman–Crippen LogP) is 6.01. The van der Waals surface area contributed by atoms with Gasteiger partial charge < -0.3 is 0 Å². The molecule has 1 atom stereocenters. The van der Waals surface area contributed by atoms with E-state index in [1.165, 1.54) is 15.7 Å². The van der Waals surface area contributed by atoms with Gasteiger partial charge in [-0.05, 0) is 54.4 Å². The summed E-state index contributed by atoms with van der Waals surface area (Å²) in [4.78, 5) is 1.68. The third-order valence-electron chi connectivity index (χ3n) is 5.42. The van der Waals surface area contributed by atoms with Gasteiger partial charge in [0.05, 0.1) is 5.69 Å². The van der Waals surface area contributed by atoms with Gasteiger partial charge in [0, 0.05) is 29.0 Å². The molecule has 3 aromatic carbocycles. The second-order valence-corrected chi connectivity index (χ2v) is 10.6. The second-order valence-electron chi connectivity index (χ2n) is 7.50. The van der Waals surface area contributed by atoms with E-state index < -0.39 is 10.2 Å². The first-order chi connectivity index (χ1) is 14.3. The van der Waals surface area contributed by atoms with Crippen LogP contribution in [-0.2, 0) is 33.0 Å². The molecule has 30 heavy (non-hydrogen) atoms. The van der Waals surface area contributed by atoms with Crippen molar-refractivity contribution in [2.75, 3.05) is 0 Å². The number of benzene rings is 3. The number of thioether (sulfide) groups is 1. The van der Waals surface area contributed by atoms with Crippen LogP contribution in [0.25, 0.3) is 10.8 Å². The minimum absolute atomic E-state index is 0.0870. The first-order valence-electron chi connectivity index (χ1n) is 9.77. The highest BCUT2D eigenvalue weighted by molar-refractivity contribution is 7.98.